The standard InChI is InChI=1S/C48H67F3N2O23Si/c1-25(54)52-37-33(69-27(3)56)20-46(44(62)64-8,68-18-19-77(10,11)12)75-41(37)40(73-31(7)60)36(23-66-22-32-16-14-13-15-17-32)74-47(45(63)65-9)21-34(70-28(4)57)38(53-43(61)48(49,50)51)42(76-47)39(72-30(6)59)35(71-29(5)58)24-67-26(2)55/h13-17,33-42H,18-24H2,1-12H3,(H,52,54)(H,53,61)/t33-,34-,35+,36+,37+,38+,39+,40+,41+,42+,46+,47+/m0/s1. The normalized spacial score (nSPS) is 24.9. The summed E-state index contributed by atoms with van der Waals surface area (Å²) >= 11 is 0. The molecule has 25 nitrogen and oxygen atoms in total. The van der Waals surface area contributed by atoms with Crippen molar-refractivity contribution in [3.8, 4) is 0 Å². The fourth-order valence-corrected chi connectivity index (χ4v) is 9.00. The number of carbonyl (C=O) groups is 10. The maximum absolute atomic E-state index is 14.7. The number of hydrogen-bond acceptors (Lipinski definition) is 23. The van der Waals surface area contributed by atoms with Gasteiger partial charge < -0.3 is 72.2 Å². The van der Waals surface area contributed by atoms with Crippen LogP contribution in [0.5, 0.6) is 0 Å². The third kappa shape index (κ3) is 19.6. The predicted octanol–water partition coefficient (Wildman–Crippen LogP) is 2.03. The van der Waals surface area contributed by atoms with E-state index in [1.165, 1.54) is 0 Å². The number of carbonyl (C=O) groups excluding carboxylic acids is 10. The zero-order valence-electron chi connectivity index (χ0n) is 44.6. The lowest BCUT2D eigenvalue weighted by Crippen LogP contribution is -2.72. The second-order valence-corrected chi connectivity index (χ2v) is 24.6. The van der Waals surface area contributed by atoms with Gasteiger partial charge in [0.1, 0.15) is 37.1 Å². The van der Waals surface area contributed by atoms with Gasteiger partial charge in [-0.1, -0.05) is 50.0 Å². The molecule has 2 aliphatic rings. The summed E-state index contributed by atoms with van der Waals surface area (Å²) in [5.41, 5.74) is 0.513. The Bertz CT molecular complexity index is 2270. The van der Waals surface area contributed by atoms with E-state index in [4.69, 9.17) is 61.6 Å². The van der Waals surface area contributed by atoms with E-state index in [0.717, 1.165) is 62.7 Å². The van der Waals surface area contributed by atoms with Crippen molar-refractivity contribution in [3.63, 3.8) is 0 Å². The van der Waals surface area contributed by atoms with E-state index in [1.807, 2.05) is 19.6 Å². The SMILES string of the molecule is COC(=O)[C@@]1(O[C@H](COCc2ccccc2)[C@@H](OC(C)=O)[C@@H]2O[C@@](OCC[Si](C)(C)C)(C(=O)OC)C[C@H](OC(C)=O)[C@H]2NC(C)=O)C[C@H](OC(C)=O)[C@@H](NC(=O)C(F)(F)F)[C@H]([C@H](OC(C)=O)[C@@H](COC(C)=O)OC(C)=O)O1. The number of alkyl halides is 3. The van der Waals surface area contributed by atoms with Crippen LogP contribution in [-0.2, 0) is 116 Å². The second-order valence-electron chi connectivity index (χ2n) is 19.0. The summed E-state index contributed by atoms with van der Waals surface area (Å²) < 4.78 is 118. The monoisotopic (exact) mass is 1120 g/mol. The Morgan fingerprint density at radius 2 is 1.13 bits per heavy atom. The molecule has 0 bridgehead atoms. The Kier molecular flexibility index (Phi) is 24.0. The first-order valence-corrected chi connectivity index (χ1v) is 27.6. The minimum atomic E-state index is -5.69. The minimum Gasteiger partial charge on any atom is -0.465 e. The third-order valence-corrected chi connectivity index (χ3v) is 13.0. The van der Waals surface area contributed by atoms with Gasteiger partial charge in [-0.2, -0.15) is 13.2 Å². The number of hydrogen-bond donors (Lipinski definition) is 2. The molecule has 0 spiro atoms. The Morgan fingerprint density at radius 3 is 1.58 bits per heavy atom. The highest BCUT2D eigenvalue weighted by molar-refractivity contribution is 6.76. The van der Waals surface area contributed by atoms with Crippen molar-refractivity contribution in [3.05, 3.63) is 35.9 Å². The number of halogens is 3. The van der Waals surface area contributed by atoms with E-state index in [-0.39, 0.29) is 13.2 Å². The van der Waals surface area contributed by atoms with Crippen LogP contribution < -0.4 is 10.6 Å². The van der Waals surface area contributed by atoms with Crippen molar-refractivity contribution in [2.75, 3.05) is 34.0 Å². The molecule has 0 unspecified atom stereocenters. The molecule has 0 radical (unpaired) electrons. The minimum absolute atomic E-state index is 0.174. The van der Waals surface area contributed by atoms with Crippen molar-refractivity contribution in [2.24, 2.45) is 0 Å². The van der Waals surface area contributed by atoms with Gasteiger partial charge in [0.2, 0.25) is 5.91 Å². The van der Waals surface area contributed by atoms with Gasteiger partial charge in [0, 0.05) is 63.1 Å². The molecule has 2 amide bonds. The molecular formula is C48H67F3N2O23Si. The van der Waals surface area contributed by atoms with E-state index in [2.05, 4.69) is 5.32 Å². The molecule has 2 heterocycles. The van der Waals surface area contributed by atoms with Gasteiger partial charge in [-0.25, -0.2) is 9.59 Å². The maximum Gasteiger partial charge on any atom is 0.471 e. The van der Waals surface area contributed by atoms with Gasteiger partial charge in [0.15, 0.2) is 18.3 Å². The second kappa shape index (κ2) is 28.4. The summed E-state index contributed by atoms with van der Waals surface area (Å²) in [6, 6.07) is 4.66. The number of benzene rings is 1. The van der Waals surface area contributed by atoms with E-state index >= 15 is 0 Å². The number of nitrogens with one attached hydrogen (secondary N) is 2. The number of methoxy groups -OCH3 is 2. The number of esters is 8. The average molecular weight is 1130 g/mol. The molecule has 3 rings (SSSR count). The van der Waals surface area contributed by atoms with Crippen molar-refractivity contribution < 1.29 is 123 Å². The molecule has 12 atom stereocenters. The Labute approximate surface area is 442 Å². The van der Waals surface area contributed by atoms with Gasteiger partial charge in [-0.3, -0.25) is 38.4 Å². The van der Waals surface area contributed by atoms with Crippen molar-refractivity contribution >= 4 is 67.6 Å². The molecule has 2 saturated heterocycles. The van der Waals surface area contributed by atoms with Gasteiger partial charge in [-0.15, -0.1) is 0 Å². The van der Waals surface area contributed by atoms with E-state index < -0.39 is 172 Å². The zero-order valence-corrected chi connectivity index (χ0v) is 45.6. The van der Waals surface area contributed by atoms with Crippen LogP contribution in [0.25, 0.3) is 0 Å². The summed E-state index contributed by atoms with van der Waals surface area (Å²) in [7, 11) is -0.211. The highest BCUT2D eigenvalue weighted by Crippen LogP contribution is 2.42. The molecular weight excluding hydrogens is 1060 g/mol. The van der Waals surface area contributed by atoms with Gasteiger partial charge >= 0.3 is 59.8 Å². The number of ether oxygens (including phenoxy) is 13. The van der Waals surface area contributed by atoms with Crippen LogP contribution in [0.2, 0.25) is 25.7 Å². The quantitative estimate of drug-likeness (QED) is 0.0804. The lowest BCUT2D eigenvalue weighted by molar-refractivity contribution is -0.348. The van der Waals surface area contributed by atoms with Crippen LogP contribution >= 0.6 is 0 Å². The molecule has 77 heavy (non-hydrogen) atoms. The summed E-state index contributed by atoms with van der Waals surface area (Å²) in [6.07, 6.45) is -24.7. The number of amides is 2. The first-order chi connectivity index (χ1) is 35.8. The topological polar surface area (TPSA) is 315 Å². The molecule has 29 heteroatoms. The van der Waals surface area contributed by atoms with Gasteiger partial charge in [0.05, 0.1) is 52.4 Å². The Balaban J connectivity index is 2.57. The molecule has 1 aromatic carbocycles. The smallest absolute Gasteiger partial charge is 0.465 e. The maximum atomic E-state index is 14.7. The molecule has 0 aliphatic carbocycles. The first-order valence-electron chi connectivity index (χ1n) is 23.9. The molecule has 432 valence electrons. The fraction of sp³-hybridized carbons (Fsp3) is 0.667. The van der Waals surface area contributed by atoms with Crippen LogP contribution in [0.15, 0.2) is 30.3 Å². The van der Waals surface area contributed by atoms with Crippen molar-refractivity contribution in [1.29, 1.82) is 0 Å². The first kappa shape index (κ1) is 65.0. The molecule has 0 aromatic heterocycles. The van der Waals surface area contributed by atoms with Crippen LogP contribution in [0.1, 0.15) is 66.9 Å². The molecule has 2 fully saturated rings. The summed E-state index contributed by atoms with van der Waals surface area (Å²) in [4.78, 5) is 132. The van der Waals surface area contributed by atoms with Crippen LogP contribution in [-0.4, -0.2) is 180 Å². The van der Waals surface area contributed by atoms with Crippen molar-refractivity contribution in [2.45, 2.75) is 172 Å². The van der Waals surface area contributed by atoms with Gasteiger partial charge in [-0.05, 0) is 11.6 Å². The number of rotatable bonds is 25. The zero-order chi connectivity index (χ0) is 58.2. The Hall–Kier alpha value is -6.27. The van der Waals surface area contributed by atoms with E-state index in [0.29, 0.717) is 11.6 Å². The molecule has 2 N–H and O–H groups in total. The Morgan fingerprint density at radius 1 is 0.649 bits per heavy atom. The lowest BCUT2D eigenvalue weighted by atomic mass is 9.86. The average Bonchev–Trinajstić information content (AvgIpc) is 3.30. The fourth-order valence-electron chi connectivity index (χ4n) is 8.29. The summed E-state index contributed by atoms with van der Waals surface area (Å²) in [5.74, 6) is -19.0. The van der Waals surface area contributed by atoms with Crippen LogP contribution in [0, 0.1) is 0 Å². The lowest BCUT2D eigenvalue weighted by Gasteiger charge is -2.51. The molecule has 1 aromatic rings. The summed E-state index contributed by atoms with van der Waals surface area (Å²) in [5, 5.41) is 4.21. The van der Waals surface area contributed by atoms with Crippen LogP contribution in [0.3, 0.4) is 0 Å². The third-order valence-electron chi connectivity index (χ3n) is 11.3. The highest BCUT2D eigenvalue weighted by Gasteiger charge is 2.64. The molecule has 0 saturated carbocycles. The molecule has 2 aliphatic heterocycles. The predicted molar refractivity (Wildman–Crippen MR) is 254 cm³/mol. The van der Waals surface area contributed by atoms with E-state index in [1.54, 1.807) is 35.6 Å². The van der Waals surface area contributed by atoms with Crippen molar-refractivity contribution in [1.82, 2.24) is 10.6 Å². The van der Waals surface area contributed by atoms with E-state index in [9.17, 15) is 61.1 Å². The summed E-state index contributed by atoms with van der Waals surface area (Å²) in [6.45, 7) is 9.92. The largest absolute Gasteiger partial charge is 0.471 e. The highest BCUT2D eigenvalue weighted by atomic mass is 28.3. The van der Waals surface area contributed by atoms with Crippen LogP contribution in [0.4, 0.5) is 13.2 Å². The van der Waals surface area contributed by atoms with Gasteiger partial charge in [0.25, 0.3) is 11.6 Å².